The van der Waals surface area contributed by atoms with Crippen molar-refractivity contribution in [3.8, 4) is 11.5 Å². The highest BCUT2D eigenvalue weighted by Crippen LogP contribution is 2.36. The lowest BCUT2D eigenvalue weighted by atomic mass is 10.2. The lowest BCUT2D eigenvalue weighted by Crippen LogP contribution is -2.15. The number of anilines is 1. The van der Waals surface area contributed by atoms with Crippen molar-refractivity contribution in [3.63, 3.8) is 0 Å². The van der Waals surface area contributed by atoms with Gasteiger partial charge in [-0.25, -0.2) is 17.6 Å². The standard InChI is InChI=1S/C17H16FNO6S/c1-24-14-8-11(6-7-16(20)21)9-15(17(14)25-2)26(22,23)19-13-5-3-4-12(18)10-13/h3-10,19H,1-2H3,(H,20,21)/b7-6+. The summed E-state index contributed by atoms with van der Waals surface area (Å²) in [6.45, 7) is 0. The molecule has 2 rings (SSSR count). The van der Waals surface area contributed by atoms with Gasteiger partial charge in [0, 0.05) is 6.08 Å². The molecule has 0 aromatic heterocycles. The second-order valence-corrected chi connectivity index (χ2v) is 6.69. The number of hydrogen-bond acceptors (Lipinski definition) is 5. The molecule has 0 aliphatic carbocycles. The van der Waals surface area contributed by atoms with Crippen molar-refractivity contribution in [1.82, 2.24) is 0 Å². The number of hydrogen-bond donors (Lipinski definition) is 2. The summed E-state index contributed by atoms with van der Waals surface area (Å²) in [5.41, 5.74) is 0.294. The number of carboxylic acid groups (broad SMARTS) is 1. The van der Waals surface area contributed by atoms with Crippen LogP contribution >= 0.6 is 0 Å². The van der Waals surface area contributed by atoms with Crippen LogP contribution in [0.3, 0.4) is 0 Å². The molecule has 0 bridgehead atoms. The van der Waals surface area contributed by atoms with E-state index in [9.17, 15) is 17.6 Å². The van der Waals surface area contributed by atoms with Crippen LogP contribution in [-0.4, -0.2) is 33.7 Å². The Labute approximate surface area is 149 Å². The third-order valence-electron chi connectivity index (χ3n) is 3.25. The van der Waals surface area contributed by atoms with Crippen LogP contribution in [0.15, 0.2) is 47.4 Å². The van der Waals surface area contributed by atoms with Crippen LogP contribution in [0.2, 0.25) is 0 Å². The molecule has 0 fully saturated rings. The zero-order valence-corrected chi connectivity index (χ0v) is 14.7. The van der Waals surface area contributed by atoms with Gasteiger partial charge in [-0.3, -0.25) is 4.72 Å². The van der Waals surface area contributed by atoms with Gasteiger partial charge in [-0.2, -0.15) is 0 Å². The molecular weight excluding hydrogens is 365 g/mol. The van der Waals surface area contributed by atoms with E-state index in [1.165, 1.54) is 50.6 Å². The number of methoxy groups -OCH3 is 2. The van der Waals surface area contributed by atoms with E-state index in [0.717, 1.165) is 12.1 Å². The van der Waals surface area contributed by atoms with Gasteiger partial charge in [0.05, 0.1) is 19.9 Å². The van der Waals surface area contributed by atoms with Crippen molar-refractivity contribution in [2.24, 2.45) is 0 Å². The van der Waals surface area contributed by atoms with Crippen LogP contribution < -0.4 is 14.2 Å². The first-order valence-corrected chi connectivity index (χ1v) is 8.70. The van der Waals surface area contributed by atoms with Gasteiger partial charge in [0.2, 0.25) is 0 Å². The Morgan fingerprint density at radius 2 is 1.92 bits per heavy atom. The van der Waals surface area contributed by atoms with Crippen molar-refractivity contribution in [2.75, 3.05) is 18.9 Å². The number of aliphatic carboxylic acids is 1. The van der Waals surface area contributed by atoms with Gasteiger partial charge in [0.25, 0.3) is 10.0 Å². The maximum atomic E-state index is 13.3. The number of carbonyl (C=O) groups is 1. The molecule has 0 unspecified atom stereocenters. The van der Waals surface area contributed by atoms with E-state index < -0.39 is 21.8 Å². The van der Waals surface area contributed by atoms with Crippen LogP contribution in [0.25, 0.3) is 6.08 Å². The molecule has 9 heteroatoms. The van der Waals surface area contributed by atoms with E-state index in [4.69, 9.17) is 14.6 Å². The Morgan fingerprint density at radius 3 is 2.50 bits per heavy atom. The zero-order chi connectivity index (χ0) is 19.3. The van der Waals surface area contributed by atoms with Crippen LogP contribution in [-0.2, 0) is 14.8 Å². The van der Waals surface area contributed by atoms with E-state index >= 15 is 0 Å². The predicted octanol–water partition coefficient (Wildman–Crippen LogP) is 2.74. The Morgan fingerprint density at radius 1 is 1.19 bits per heavy atom. The summed E-state index contributed by atoms with van der Waals surface area (Å²) in [5.74, 6) is -1.77. The minimum atomic E-state index is -4.17. The third-order valence-corrected chi connectivity index (χ3v) is 4.64. The number of ether oxygens (including phenoxy) is 2. The maximum absolute atomic E-state index is 13.3. The molecule has 0 amide bonds. The SMILES string of the molecule is COc1cc(/C=C/C(=O)O)cc(S(=O)(=O)Nc2cccc(F)c2)c1OC. The number of nitrogens with one attached hydrogen (secondary N) is 1. The number of rotatable bonds is 7. The molecule has 2 aromatic rings. The fourth-order valence-corrected chi connectivity index (χ4v) is 3.44. The lowest BCUT2D eigenvalue weighted by molar-refractivity contribution is -0.131. The van der Waals surface area contributed by atoms with Gasteiger partial charge in [-0.1, -0.05) is 6.07 Å². The van der Waals surface area contributed by atoms with E-state index in [0.29, 0.717) is 0 Å². The van der Waals surface area contributed by atoms with Gasteiger partial charge < -0.3 is 14.6 Å². The molecule has 26 heavy (non-hydrogen) atoms. The van der Waals surface area contributed by atoms with E-state index in [2.05, 4.69) is 4.72 Å². The van der Waals surface area contributed by atoms with E-state index in [1.807, 2.05) is 0 Å². The average Bonchev–Trinajstić information content (AvgIpc) is 2.58. The third kappa shape index (κ3) is 4.51. The Hall–Kier alpha value is -3.07. The van der Waals surface area contributed by atoms with E-state index in [1.54, 1.807) is 0 Å². The molecule has 0 saturated heterocycles. The van der Waals surface area contributed by atoms with Crippen molar-refractivity contribution < 1.29 is 32.2 Å². The zero-order valence-electron chi connectivity index (χ0n) is 13.9. The first-order valence-electron chi connectivity index (χ1n) is 7.22. The number of sulfonamides is 1. The predicted molar refractivity (Wildman–Crippen MR) is 93.4 cm³/mol. The first-order chi connectivity index (χ1) is 12.3. The monoisotopic (exact) mass is 381 g/mol. The lowest BCUT2D eigenvalue weighted by Gasteiger charge is -2.15. The van der Waals surface area contributed by atoms with Gasteiger partial charge in [0.15, 0.2) is 11.5 Å². The molecule has 7 nitrogen and oxygen atoms in total. The largest absolute Gasteiger partial charge is 0.493 e. The van der Waals surface area contributed by atoms with Crippen LogP contribution in [0.5, 0.6) is 11.5 Å². The highest BCUT2D eigenvalue weighted by Gasteiger charge is 2.24. The second kappa shape index (κ2) is 7.87. The molecule has 0 aliphatic heterocycles. The smallest absolute Gasteiger partial charge is 0.328 e. The normalized spacial score (nSPS) is 11.3. The molecule has 138 valence electrons. The summed E-state index contributed by atoms with van der Waals surface area (Å²) in [4.78, 5) is 10.4. The first kappa shape index (κ1) is 19.3. The van der Waals surface area contributed by atoms with Crippen molar-refractivity contribution in [2.45, 2.75) is 4.90 Å². The summed E-state index contributed by atoms with van der Waals surface area (Å²) in [6.07, 6.45) is 2.07. The van der Waals surface area contributed by atoms with Crippen molar-refractivity contribution in [3.05, 3.63) is 53.9 Å². The second-order valence-electron chi connectivity index (χ2n) is 5.04. The summed E-state index contributed by atoms with van der Waals surface area (Å²) >= 11 is 0. The van der Waals surface area contributed by atoms with Gasteiger partial charge in [-0.05, 0) is 42.0 Å². The molecule has 0 atom stereocenters. The highest BCUT2D eigenvalue weighted by molar-refractivity contribution is 7.92. The number of carboxylic acids is 1. The van der Waals surface area contributed by atoms with Crippen LogP contribution in [0.4, 0.5) is 10.1 Å². The van der Waals surface area contributed by atoms with Crippen molar-refractivity contribution in [1.29, 1.82) is 0 Å². The highest BCUT2D eigenvalue weighted by atomic mass is 32.2. The molecule has 0 radical (unpaired) electrons. The summed E-state index contributed by atoms with van der Waals surface area (Å²) in [7, 11) is -1.58. The maximum Gasteiger partial charge on any atom is 0.328 e. The van der Waals surface area contributed by atoms with Crippen LogP contribution in [0, 0.1) is 5.82 Å². The van der Waals surface area contributed by atoms with Gasteiger partial charge in [-0.15, -0.1) is 0 Å². The molecule has 0 aliphatic rings. The fourth-order valence-electron chi connectivity index (χ4n) is 2.18. The van der Waals surface area contributed by atoms with Crippen LogP contribution in [0.1, 0.15) is 5.56 Å². The molecular formula is C17H16FNO6S. The fraction of sp³-hybridized carbons (Fsp3) is 0.118. The number of halogens is 1. The topological polar surface area (TPSA) is 102 Å². The summed E-state index contributed by atoms with van der Waals surface area (Å²) in [6, 6.07) is 7.60. The molecule has 2 aromatic carbocycles. The van der Waals surface area contributed by atoms with Gasteiger partial charge in [0.1, 0.15) is 10.7 Å². The summed E-state index contributed by atoms with van der Waals surface area (Å²) < 4.78 is 51.3. The quantitative estimate of drug-likeness (QED) is 0.715. The molecule has 0 spiro atoms. The Balaban J connectivity index is 2.57. The minimum Gasteiger partial charge on any atom is -0.493 e. The van der Waals surface area contributed by atoms with Gasteiger partial charge >= 0.3 is 5.97 Å². The summed E-state index contributed by atoms with van der Waals surface area (Å²) in [5, 5.41) is 8.74. The Kier molecular flexibility index (Phi) is 5.83. The Bertz CT molecular complexity index is 956. The minimum absolute atomic E-state index is 0.0255. The average molecular weight is 381 g/mol. The molecule has 0 saturated carbocycles. The molecule has 2 N–H and O–H groups in total. The number of benzene rings is 2. The van der Waals surface area contributed by atoms with Crippen molar-refractivity contribution >= 4 is 27.8 Å². The van der Waals surface area contributed by atoms with E-state index in [-0.39, 0.29) is 27.6 Å². The molecule has 0 heterocycles.